The number of rotatable bonds is 5. The van der Waals surface area contributed by atoms with Crippen LogP contribution in [-0.4, -0.2) is 45.4 Å². The highest BCUT2D eigenvalue weighted by Crippen LogP contribution is 2.24. The molecular formula is C16H20N4O3. The van der Waals surface area contributed by atoms with Gasteiger partial charge in [0.2, 0.25) is 0 Å². The van der Waals surface area contributed by atoms with Gasteiger partial charge in [-0.05, 0) is 12.5 Å². The van der Waals surface area contributed by atoms with Crippen LogP contribution in [0.4, 0.5) is 10.6 Å². The standard InChI is InChI=1S/C16H20N4O3/c1-11-6-4-5-7-12(11)13-10-14(20(3)18-13)17-16(23)19(2)9-8-15(21)22/h4-7,10H,8-9H2,1-3H3,(H,17,23)(H,21,22). The van der Waals surface area contributed by atoms with Gasteiger partial charge in [0.1, 0.15) is 5.82 Å². The van der Waals surface area contributed by atoms with E-state index in [2.05, 4.69) is 10.4 Å². The van der Waals surface area contributed by atoms with E-state index in [1.54, 1.807) is 24.8 Å². The van der Waals surface area contributed by atoms with Crippen LogP contribution in [0.15, 0.2) is 30.3 Å². The Morgan fingerprint density at radius 2 is 2.04 bits per heavy atom. The number of hydrogen-bond donors (Lipinski definition) is 2. The number of aryl methyl sites for hydroxylation is 2. The molecule has 0 aliphatic carbocycles. The topological polar surface area (TPSA) is 87.5 Å². The maximum absolute atomic E-state index is 12.1. The Hall–Kier alpha value is -2.83. The van der Waals surface area contributed by atoms with Crippen molar-refractivity contribution < 1.29 is 14.7 Å². The molecule has 0 aliphatic rings. The summed E-state index contributed by atoms with van der Waals surface area (Å²) >= 11 is 0. The van der Waals surface area contributed by atoms with Crippen LogP contribution in [0.25, 0.3) is 11.3 Å². The molecule has 0 unspecified atom stereocenters. The second kappa shape index (κ2) is 6.95. The lowest BCUT2D eigenvalue weighted by atomic mass is 10.1. The number of hydrogen-bond acceptors (Lipinski definition) is 3. The summed E-state index contributed by atoms with van der Waals surface area (Å²) in [5.74, 6) is -0.387. The average molecular weight is 316 g/mol. The SMILES string of the molecule is Cc1ccccc1-c1cc(NC(=O)N(C)CCC(=O)O)n(C)n1. The third-order valence-corrected chi connectivity index (χ3v) is 3.54. The van der Waals surface area contributed by atoms with Crippen molar-refractivity contribution in [1.82, 2.24) is 14.7 Å². The number of amides is 2. The van der Waals surface area contributed by atoms with E-state index in [9.17, 15) is 9.59 Å². The second-order valence-electron chi connectivity index (χ2n) is 5.35. The second-order valence-corrected chi connectivity index (χ2v) is 5.35. The van der Waals surface area contributed by atoms with Crippen LogP contribution in [0.3, 0.4) is 0 Å². The fourth-order valence-corrected chi connectivity index (χ4v) is 2.15. The zero-order valence-electron chi connectivity index (χ0n) is 13.4. The Morgan fingerprint density at radius 1 is 1.35 bits per heavy atom. The van der Waals surface area contributed by atoms with Gasteiger partial charge < -0.3 is 10.0 Å². The highest BCUT2D eigenvalue weighted by Gasteiger charge is 2.14. The molecule has 0 radical (unpaired) electrons. The number of carboxylic acid groups (broad SMARTS) is 1. The average Bonchev–Trinajstić information content (AvgIpc) is 2.86. The van der Waals surface area contributed by atoms with Crippen molar-refractivity contribution in [3.63, 3.8) is 0 Å². The fourth-order valence-electron chi connectivity index (χ4n) is 2.15. The van der Waals surface area contributed by atoms with Crippen LogP contribution < -0.4 is 5.32 Å². The molecule has 1 heterocycles. The van der Waals surface area contributed by atoms with E-state index in [0.717, 1.165) is 16.8 Å². The van der Waals surface area contributed by atoms with Gasteiger partial charge in [0.05, 0.1) is 12.1 Å². The minimum Gasteiger partial charge on any atom is -0.481 e. The number of aliphatic carboxylic acids is 1. The first-order chi connectivity index (χ1) is 10.9. The molecule has 0 atom stereocenters. The van der Waals surface area contributed by atoms with Crippen LogP contribution in [0, 0.1) is 6.92 Å². The summed E-state index contributed by atoms with van der Waals surface area (Å²) in [6, 6.07) is 9.30. The Morgan fingerprint density at radius 3 is 2.70 bits per heavy atom. The molecule has 0 spiro atoms. The van der Waals surface area contributed by atoms with Gasteiger partial charge in [0.15, 0.2) is 0 Å². The van der Waals surface area contributed by atoms with Gasteiger partial charge in [0.25, 0.3) is 0 Å². The predicted octanol–water partition coefficient (Wildman–Crippen LogP) is 2.33. The highest BCUT2D eigenvalue weighted by atomic mass is 16.4. The van der Waals surface area contributed by atoms with Crippen molar-refractivity contribution in [2.45, 2.75) is 13.3 Å². The summed E-state index contributed by atoms with van der Waals surface area (Å²) in [5, 5.41) is 15.8. The van der Waals surface area contributed by atoms with E-state index in [0.29, 0.717) is 5.82 Å². The number of nitrogens with zero attached hydrogens (tertiary/aromatic N) is 3. The molecular weight excluding hydrogens is 296 g/mol. The van der Waals surface area contributed by atoms with Gasteiger partial charge in [-0.25, -0.2) is 4.79 Å². The van der Waals surface area contributed by atoms with Crippen LogP contribution in [0.2, 0.25) is 0 Å². The van der Waals surface area contributed by atoms with Crippen LogP contribution in [0.5, 0.6) is 0 Å². The molecule has 2 rings (SSSR count). The summed E-state index contributed by atoms with van der Waals surface area (Å²) in [5.41, 5.74) is 2.87. The molecule has 7 heteroatoms. The van der Waals surface area contributed by atoms with Crippen molar-refractivity contribution in [3.8, 4) is 11.3 Å². The normalized spacial score (nSPS) is 10.4. The third-order valence-electron chi connectivity index (χ3n) is 3.54. The molecule has 2 amide bonds. The molecule has 0 bridgehead atoms. The van der Waals surface area contributed by atoms with Crippen molar-refractivity contribution >= 4 is 17.8 Å². The molecule has 0 fully saturated rings. The smallest absolute Gasteiger partial charge is 0.322 e. The number of aromatic nitrogens is 2. The minimum absolute atomic E-state index is 0.0935. The lowest BCUT2D eigenvalue weighted by Crippen LogP contribution is -2.33. The molecule has 7 nitrogen and oxygen atoms in total. The largest absolute Gasteiger partial charge is 0.481 e. The molecule has 2 N–H and O–H groups in total. The van der Waals surface area contributed by atoms with Crippen molar-refractivity contribution in [2.24, 2.45) is 7.05 Å². The van der Waals surface area contributed by atoms with E-state index < -0.39 is 5.97 Å². The zero-order chi connectivity index (χ0) is 17.0. The van der Waals surface area contributed by atoms with Crippen molar-refractivity contribution in [1.29, 1.82) is 0 Å². The maximum Gasteiger partial charge on any atom is 0.322 e. The Bertz CT molecular complexity index is 724. The highest BCUT2D eigenvalue weighted by molar-refractivity contribution is 5.89. The summed E-state index contributed by atoms with van der Waals surface area (Å²) in [6.07, 6.45) is -0.0935. The van der Waals surface area contributed by atoms with Gasteiger partial charge in [-0.2, -0.15) is 5.10 Å². The summed E-state index contributed by atoms with van der Waals surface area (Å²) in [7, 11) is 3.30. The van der Waals surface area contributed by atoms with Crippen molar-refractivity contribution in [3.05, 3.63) is 35.9 Å². The number of carbonyl (C=O) groups is 2. The first-order valence-electron chi connectivity index (χ1n) is 7.22. The lowest BCUT2D eigenvalue weighted by molar-refractivity contribution is -0.137. The number of carbonyl (C=O) groups excluding carboxylic acids is 1. The van der Waals surface area contributed by atoms with E-state index in [-0.39, 0.29) is 19.0 Å². The van der Waals surface area contributed by atoms with Gasteiger partial charge in [-0.15, -0.1) is 0 Å². The molecule has 1 aromatic carbocycles. The first kappa shape index (κ1) is 16.5. The Balaban J connectivity index is 2.11. The predicted molar refractivity (Wildman–Crippen MR) is 87.3 cm³/mol. The number of carboxylic acids is 1. The maximum atomic E-state index is 12.1. The molecule has 122 valence electrons. The number of urea groups is 1. The van der Waals surface area contributed by atoms with Crippen molar-refractivity contribution in [2.75, 3.05) is 18.9 Å². The summed E-state index contributed by atoms with van der Waals surface area (Å²) in [4.78, 5) is 24.0. The Labute approximate surface area is 134 Å². The molecule has 23 heavy (non-hydrogen) atoms. The zero-order valence-corrected chi connectivity index (χ0v) is 13.4. The monoisotopic (exact) mass is 316 g/mol. The lowest BCUT2D eigenvalue weighted by Gasteiger charge is -2.16. The van der Waals surface area contributed by atoms with Gasteiger partial charge in [-0.3, -0.25) is 14.8 Å². The van der Waals surface area contributed by atoms with Gasteiger partial charge in [-0.1, -0.05) is 24.3 Å². The van der Waals surface area contributed by atoms with Gasteiger partial charge >= 0.3 is 12.0 Å². The molecule has 0 saturated carbocycles. The van der Waals surface area contributed by atoms with E-state index in [4.69, 9.17) is 5.11 Å². The van der Waals surface area contributed by atoms with Crippen LogP contribution in [0.1, 0.15) is 12.0 Å². The van der Waals surface area contributed by atoms with Gasteiger partial charge in [0, 0.05) is 32.3 Å². The van der Waals surface area contributed by atoms with E-state index in [1.807, 2.05) is 31.2 Å². The Kier molecular flexibility index (Phi) is 5.00. The van der Waals surface area contributed by atoms with E-state index in [1.165, 1.54) is 4.90 Å². The number of benzene rings is 1. The summed E-state index contributed by atoms with van der Waals surface area (Å²) in [6.45, 7) is 2.14. The fraction of sp³-hybridized carbons (Fsp3) is 0.312. The third kappa shape index (κ3) is 4.09. The quantitative estimate of drug-likeness (QED) is 0.886. The van der Waals surface area contributed by atoms with E-state index >= 15 is 0 Å². The summed E-state index contributed by atoms with van der Waals surface area (Å²) < 4.78 is 1.59. The first-order valence-corrected chi connectivity index (χ1v) is 7.22. The number of nitrogens with one attached hydrogen (secondary N) is 1. The minimum atomic E-state index is -0.938. The molecule has 0 aliphatic heterocycles. The molecule has 0 saturated heterocycles. The van der Waals surface area contributed by atoms with Crippen LogP contribution >= 0.6 is 0 Å². The van der Waals surface area contributed by atoms with Crippen LogP contribution in [-0.2, 0) is 11.8 Å². The molecule has 2 aromatic rings. The molecule has 1 aromatic heterocycles. The number of anilines is 1.